The maximum atomic E-state index is 12.1. The lowest BCUT2D eigenvalue weighted by Gasteiger charge is -2.31. The fraction of sp³-hybridized carbons (Fsp3) is 0.867. The minimum atomic E-state index is -0.0165. The van der Waals surface area contributed by atoms with Gasteiger partial charge in [-0.05, 0) is 51.1 Å². The van der Waals surface area contributed by atoms with E-state index in [-0.39, 0.29) is 17.7 Å². The lowest BCUT2D eigenvalue weighted by atomic mass is 9.95. The Morgan fingerprint density at radius 2 is 2.15 bits per heavy atom. The lowest BCUT2D eigenvalue weighted by Crippen LogP contribution is -2.45. The van der Waals surface area contributed by atoms with Crippen molar-refractivity contribution in [1.82, 2.24) is 15.5 Å². The Balaban J connectivity index is 1.67. The molecular formula is C15H27N3O2. The average Bonchev–Trinajstić information content (AvgIpc) is 2.48. The molecule has 0 aliphatic carbocycles. The molecule has 0 radical (unpaired) electrons. The van der Waals surface area contributed by atoms with Crippen LogP contribution in [0, 0.1) is 11.8 Å². The van der Waals surface area contributed by atoms with Gasteiger partial charge in [-0.25, -0.2) is 0 Å². The van der Waals surface area contributed by atoms with Gasteiger partial charge in [0.25, 0.3) is 0 Å². The topological polar surface area (TPSA) is 61.4 Å². The number of amides is 2. The minimum Gasteiger partial charge on any atom is -0.356 e. The summed E-state index contributed by atoms with van der Waals surface area (Å²) in [5, 5.41) is 6.45. The number of hydrogen-bond donors (Lipinski definition) is 2. The first kappa shape index (κ1) is 15.3. The summed E-state index contributed by atoms with van der Waals surface area (Å²) < 4.78 is 0. The molecule has 0 aromatic carbocycles. The van der Waals surface area contributed by atoms with Gasteiger partial charge in [-0.3, -0.25) is 9.59 Å². The number of hydrogen-bond acceptors (Lipinski definition) is 3. The Labute approximate surface area is 121 Å². The molecule has 2 N–H and O–H groups in total. The fourth-order valence-corrected chi connectivity index (χ4v) is 3.19. The molecule has 2 fully saturated rings. The van der Waals surface area contributed by atoms with Crippen LogP contribution in [0.2, 0.25) is 0 Å². The first-order valence-corrected chi connectivity index (χ1v) is 7.90. The second-order valence-corrected chi connectivity index (χ2v) is 6.10. The van der Waals surface area contributed by atoms with Crippen LogP contribution in [0.5, 0.6) is 0 Å². The van der Waals surface area contributed by atoms with E-state index in [2.05, 4.69) is 10.6 Å². The molecule has 2 saturated heterocycles. The van der Waals surface area contributed by atoms with Gasteiger partial charge in [0.2, 0.25) is 11.8 Å². The molecule has 0 aromatic rings. The first-order chi connectivity index (χ1) is 9.66. The highest BCUT2D eigenvalue weighted by molar-refractivity contribution is 5.80. The second kappa shape index (κ2) is 7.62. The van der Waals surface area contributed by atoms with Crippen LogP contribution in [0.1, 0.15) is 39.0 Å². The largest absolute Gasteiger partial charge is 0.356 e. The van der Waals surface area contributed by atoms with Gasteiger partial charge in [-0.15, -0.1) is 0 Å². The summed E-state index contributed by atoms with van der Waals surface area (Å²) in [4.78, 5) is 25.3. The van der Waals surface area contributed by atoms with E-state index in [0.717, 1.165) is 45.4 Å². The van der Waals surface area contributed by atoms with Crippen molar-refractivity contribution in [3.63, 3.8) is 0 Å². The van der Waals surface area contributed by atoms with E-state index in [1.807, 2.05) is 0 Å². The van der Waals surface area contributed by atoms with E-state index >= 15 is 0 Å². The minimum absolute atomic E-state index is 0.0165. The van der Waals surface area contributed by atoms with Crippen LogP contribution in [0.15, 0.2) is 0 Å². The van der Waals surface area contributed by atoms with Crippen molar-refractivity contribution in [2.45, 2.75) is 39.0 Å². The summed E-state index contributed by atoms with van der Waals surface area (Å²) in [6.07, 6.45) is 5.41. The van der Waals surface area contributed by atoms with Crippen LogP contribution in [-0.2, 0) is 9.59 Å². The molecule has 2 rings (SSSR count). The van der Waals surface area contributed by atoms with E-state index in [1.165, 1.54) is 12.8 Å². The molecule has 2 aliphatic rings. The molecule has 20 heavy (non-hydrogen) atoms. The Morgan fingerprint density at radius 1 is 1.30 bits per heavy atom. The van der Waals surface area contributed by atoms with Crippen molar-refractivity contribution >= 4 is 11.8 Å². The molecule has 5 nitrogen and oxygen atoms in total. The van der Waals surface area contributed by atoms with Crippen LogP contribution < -0.4 is 10.6 Å². The average molecular weight is 281 g/mol. The highest BCUT2D eigenvalue weighted by Crippen LogP contribution is 2.17. The van der Waals surface area contributed by atoms with Crippen LogP contribution >= 0.6 is 0 Å². The molecule has 114 valence electrons. The molecule has 0 aromatic heterocycles. The number of nitrogens with one attached hydrogen (secondary N) is 2. The van der Waals surface area contributed by atoms with Gasteiger partial charge in [0.1, 0.15) is 0 Å². The summed E-state index contributed by atoms with van der Waals surface area (Å²) >= 11 is 0. The normalized spacial score (nSPS) is 27.1. The predicted molar refractivity (Wildman–Crippen MR) is 78.2 cm³/mol. The van der Waals surface area contributed by atoms with Crippen molar-refractivity contribution < 1.29 is 9.59 Å². The molecular weight excluding hydrogens is 254 g/mol. The smallest absolute Gasteiger partial charge is 0.224 e. The van der Waals surface area contributed by atoms with Gasteiger partial charge < -0.3 is 15.5 Å². The van der Waals surface area contributed by atoms with E-state index in [4.69, 9.17) is 0 Å². The molecule has 2 amide bonds. The van der Waals surface area contributed by atoms with Crippen LogP contribution in [0.25, 0.3) is 0 Å². The highest BCUT2D eigenvalue weighted by Gasteiger charge is 2.26. The third-order valence-electron chi connectivity index (χ3n) is 4.49. The summed E-state index contributed by atoms with van der Waals surface area (Å²) in [6.45, 7) is 5.94. The molecule has 2 atom stereocenters. The molecule has 0 bridgehead atoms. The molecule has 5 heteroatoms. The van der Waals surface area contributed by atoms with Crippen molar-refractivity contribution in [3.8, 4) is 0 Å². The third-order valence-corrected chi connectivity index (χ3v) is 4.49. The number of carbonyl (C=O) groups excluding carboxylic acids is 2. The fourth-order valence-electron chi connectivity index (χ4n) is 3.19. The predicted octanol–water partition coefficient (Wildman–Crippen LogP) is 0.751. The highest BCUT2D eigenvalue weighted by atomic mass is 16.2. The standard InChI is InChI=1S/C15H27N3O2/c1-12(19)18-9-3-5-14(11-18)15(20)17-8-6-13-4-2-7-16-10-13/h13-14,16H,2-11H2,1H3,(H,17,20). The summed E-state index contributed by atoms with van der Waals surface area (Å²) in [6, 6.07) is 0. The summed E-state index contributed by atoms with van der Waals surface area (Å²) in [7, 11) is 0. The zero-order valence-corrected chi connectivity index (χ0v) is 12.5. The molecule has 2 unspecified atom stereocenters. The quantitative estimate of drug-likeness (QED) is 0.799. The van der Waals surface area contributed by atoms with Crippen LogP contribution in [0.4, 0.5) is 0 Å². The van der Waals surface area contributed by atoms with Gasteiger partial charge in [0.15, 0.2) is 0 Å². The first-order valence-electron chi connectivity index (χ1n) is 7.90. The number of carbonyl (C=O) groups is 2. The van der Waals surface area contributed by atoms with E-state index in [1.54, 1.807) is 11.8 Å². The second-order valence-electron chi connectivity index (χ2n) is 6.10. The Bertz CT molecular complexity index is 340. The van der Waals surface area contributed by atoms with Gasteiger partial charge in [-0.1, -0.05) is 0 Å². The number of rotatable bonds is 4. The van der Waals surface area contributed by atoms with E-state index in [9.17, 15) is 9.59 Å². The third kappa shape index (κ3) is 4.47. The van der Waals surface area contributed by atoms with Crippen LogP contribution in [0.3, 0.4) is 0 Å². The van der Waals surface area contributed by atoms with Gasteiger partial charge in [0, 0.05) is 26.6 Å². The zero-order chi connectivity index (χ0) is 14.4. The zero-order valence-electron chi connectivity index (χ0n) is 12.5. The van der Waals surface area contributed by atoms with Crippen molar-refractivity contribution in [2.24, 2.45) is 11.8 Å². The van der Waals surface area contributed by atoms with Crippen LogP contribution in [-0.4, -0.2) is 49.4 Å². The van der Waals surface area contributed by atoms with Crippen molar-refractivity contribution in [3.05, 3.63) is 0 Å². The van der Waals surface area contributed by atoms with E-state index in [0.29, 0.717) is 12.5 Å². The maximum absolute atomic E-state index is 12.1. The maximum Gasteiger partial charge on any atom is 0.224 e. The van der Waals surface area contributed by atoms with Gasteiger partial charge in [0.05, 0.1) is 5.92 Å². The van der Waals surface area contributed by atoms with E-state index < -0.39 is 0 Å². The number of likely N-dealkylation sites (tertiary alicyclic amines) is 1. The van der Waals surface area contributed by atoms with Crippen molar-refractivity contribution in [2.75, 3.05) is 32.7 Å². The molecule has 0 saturated carbocycles. The SMILES string of the molecule is CC(=O)N1CCCC(C(=O)NCCC2CCCNC2)C1. The molecule has 2 heterocycles. The Kier molecular flexibility index (Phi) is 5.83. The summed E-state index contributed by atoms with van der Waals surface area (Å²) in [5.41, 5.74) is 0. The molecule has 0 spiro atoms. The Hall–Kier alpha value is -1.10. The van der Waals surface area contributed by atoms with Crippen molar-refractivity contribution in [1.29, 1.82) is 0 Å². The lowest BCUT2D eigenvalue weighted by molar-refractivity contribution is -0.133. The molecule has 2 aliphatic heterocycles. The van der Waals surface area contributed by atoms with Gasteiger partial charge >= 0.3 is 0 Å². The number of nitrogens with zero attached hydrogens (tertiary/aromatic N) is 1. The number of piperidine rings is 2. The Morgan fingerprint density at radius 3 is 2.85 bits per heavy atom. The summed E-state index contributed by atoms with van der Waals surface area (Å²) in [5.74, 6) is 0.886. The van der Waals surface area contributed by atoms with Gasteiger partial charge in [-0.2, -0.15) is 0 Å². The monoisotopic (exact) mass is 281 g/mol.